The van der Waals surface area contributed by atoms with Gasteiger partial charge in [0, 0.05) is 47.2 Å². The number of aromatic nitrogens is 5. The fourth-order valence-corrected chi connectivity index (χ4v) is 7.21. The normalized spacial score (nSPS) is 12.0. The highest BCUT2D eigenvalue weighted by Gasteiger charge is 2.31. The molecule has 0 unspecified atom stereocenters. The third kappa shape index (κ3) is 5.26. The standard InChI is InChI=1S/C44H43N5/c1-44(2,3)35-10-12-36(13-11-35)49-42-38-15-9-34(31-18-24-46(5)25-19-31)29-40(38)39-28-33(30-16-22-45(4)23-17-30)8-14-37(39)41(42)48(7)43(49)32-20-26-47(6)27-21-32/h8-29H,1-7H3/q+4. The summed E-state index contributed by atoms with van der Waals surface area (Å²) >= 11 is 0. The predicted molar refractivity (Wildman–Crippen MR) is 198 cm³/mol. The van der Waals surface area contributed by atoms with Gasteiger partial charge in [-0.25, -0.2) is 18.3 Å². The molecule has 0 N–H and O–H groups in total. The van der Waals surface area contributed by atoms with Crippen molar-refractivity contribution in [1.82, 2.24) is 4.57 Å². The molecule has 0 saturated heterocycles. The highest BCUT2D eigenvalue weighted by atomic mass is 15.2. The summed E-state index contributed by atoms with van der Waals surface area (Å²) in [4.78, 5) is 0. The van der Waals surface area contributed by atoms with Gasteiger partial charge in [-0.2, -0.15) is 4.57 Å². The van der Waals surface area contributed by atoms with E-state index in [9.17, 15) is 0 Å². The summed E-state index contributed by atoms with van der Waals surface area (Å²) in [6.07, 6.45) is 12.7. The summed E-state index contributed by atoms with van der Waals surface area (Å²) in [6.45, 7) is 6.82. The summed E-state index contributed by atoms with van der Waals surface area (Å²) in [7, 11) is 8.41. The number of nitrogens with zero attached hydrogens (tertiary/aromatic N) is 5. The second kappa shape index (κ2) is 11.5. The number of fused-ring (bicyclic) bond motifs is 6. The largest absolute Gasteiger partial charge is 0.295 e. The number of rotatable bonds is 4. The Labute approximate surface area is 288 Å². The molecule has 0 radical (unpaired) electrons. The summed E-state index contributed by atoms with van der Waals surface area (Å²) < 4.78 is 11.1. The number of imidazole rings is 1. The molecule has 8 aromatic rings. The topological polar surface area (TPSA) is 20.4 Å². The smallest absolute Gasteiger partial charge is 0.225 e. The third-order valence-corrected chi connectivity index (χ3v) is 10.0. The minimum Gasteiger partial charge on any atom is -0.225 e. The average Bonchev–Trinajstić information content (AvgIpc) is 3.41. The van der Waals surface area contributed by atoms with Gasteiger partial charge >= 0.3 is 0 Å². The summed E-state index contributed by atoms with van der Waals surface area (Å²) in [5.74, 6) is 1.15. The minimum atomic E-state index is 0.0700. The number of benzene rings is 4. The molecule has 4 heterocycles. The van der Waals surface area contributed by atoms with E-state index in [4.69, 9.17) is 0 Å². The fourth-order valence-electron chi connectivity index (χ4n) is 7.21. The van der Waals surface area contributed by atoms with Crippen molar-refractivity contribution >= 4 is 32.6 Å². The summed E-state index contributed by atoms with van der Waals surface area (Å²) in [5.41, 5.74) is 11.0. The van der Waals surface area contributed by atoms with E-state index >= 15 is 0 Å². The zero-order valence-electron chi connectivity index (χ0n) is 29.4. The molecule has 5 nitrogen and oxygen atoms in total. The van der Waals surface area contributed by atoms with Crippen LogP contribution in [0.5, 0.6) is 0 Å². The van der Waals surface area contributed by atoms with E-state index in [0.29, 0.717) is 0 Å². The van der Waals surface area contributed by atoms with E-state index in [0.717, 1.165) is 11.5 Å². The van der Waals surface area contributed by atoms with Crippen molar-refractivity contribution in [3.05, 3.63) is 140 Å². The van der Waals surface area contributed by atoms with Gasteiger partial charge in [-0.3, -0.25) is 0 Å². The third-order valence-electron chi connectivity index (χ3n) is 10.0. The van der Waals surface area contributed by atoms with E-state index in [1.54, 1.807) is 0 Å². The van der Waals surface area contributed by atoms with Crippen LogP contribution in [0.25, 0.3) is 71.9 Å². The van der Waals surface area contributed by atoms with Crippen molar-refractivity contribution in [3.63, 3.8) is 0 Å². The average molecular weight is 642 g/mol. The van der Waals surface area contributed by atoms with Gasteiger partial charge in [-0.05, 0) is 80.4 Å². The van der Waals surface area contributed by atoms with Crippen LogP contribution >= 0.6 is 0 Å². The SMILES string of the molecule is C[n+]1ccc(-c2ccc3c(c2)c2cc(-c4cc[n+](C)cc4)ccc2c2c3n(-c3ccc(C(C)(C)C)cc3)c(-c3cc[n+](C)cc3)[n+]2C)cc1. The summed E-state index contributed by atoms with van der Waals surface area (Å²) in [6, 6.07) is 36.4. The molecule has 0 bridgehead atoms. The minimum absolute atomic E-state index is 0.0700. The summed E-state index contributed by atoms with van der Waals surface area (Å²) in [5, 5.41) is 4.96. The van der Waals surface area contributed by atoms with Gasteiger partial charge in [0.05, 0.1) is 12.6 Å². The lowest BCUT2D eigenvalue weighted by atomic mass is 9.87. The first-order chi connectivity index (χ1) is 23.6. The lowest BCUT2D eigenvalue weighted by Crippen LogP contribution is -2.31. The maximum Gasteiger partial charge on any atom is 0.295 e. The molecular weight excluding hydrogens is 599 g/mol. The van der Waals surface area contributed by atoms with E-state index in [-0.39, 0.29) is 5.41 Å². The van der Waals surface area contributed by atoms with Crippen LogP contribution < -0.4 is 18.3 Å². The number of hydrogen-bond acceptors (Lipinski definition) is 0. The molecule has 8 rings (SSSR count). The van der Waals surface area contributed by atoms with Gasteiger partial charge in [-0.1, -0.05) is 45.0 Å². The number of aryl methyl sites for hydroxylation is 4. The van der Waals surface area contributed by atoms with Crippen molar-refractivity contribution in [2.45, 2.75) is 26.2 Å². The Hall–Kier alpha value is -5.68. The second-order valence-electron chi connectivity index (χ2n) is 14.5. The lowest BCUT2D eigenvalue weighted by Gasteiger charge is -2.18. The van der Waals surface area contributed by atoms with E-state index in [1.165, 1.54) is 66.0 Å². The van der Waals surface area contributed by atoms with Crippen LogP contribution in [0.15, 0.2) is 134 Å². The predicted octanol–water partition coefficient (Wildman–Crippen LogP) is 7.53. The fraction of sp³-hybridized carbons (Fsp3) is 0.182. The van der Waals surface area contributed by atoms with Crippen LogP contribution in [0, 0.1) is 0 Å². The van der Waals surface area contributed by atoms with Crippen molar-refractivity contribution in [2.75, 3.05) is 0 Å². The first-order valence-electron chi connectivity index (χ1n) is 17.0. The first kappa shape index (κ1) is 30.6. The molecule has 0 amide bonds. The zero-order chi connectivity index (χ0) is 34.0. The zero-order valence-corrected chi connectivity index (χ0v) is 29.4. The van der Waals surface area contributed by atoms with Gasteiger partial charge in [0.25, 0.3) is 5.82 Å². The van der Waals surface area contributed by atoms with E-state index < -0.39 is 0 Å². The molecule has 0 aliphatic rings. The van der Waals surface area contributed by atoms with Crippen LogP contribution in [-0.4, -0.2) is 4.57 Å². The Balaban J connectivity index is 1.52. The Bertz CT molecular complexity index is 2520. The first-order valence-corrected chi connectivity index (χ1v) is 17.0. The highest BCUT2D eigenvalue weighted by molar-refractivity contribution is 6.24. The molecule has 4 aromatic carbocycles. The van der Waals surface area contributed by atoms with Crippen LogP contribution in [0.1, 0.15) is 26.3 Å². The number of pyridine rings is 3. The van der Waals surface area contributed by atoms with Crippen LogP contribution in [-0.2, 0) is 33.6 Å². The van der Waals surface area contributed by atoms with Crippen LogP contribution in [0.2, 0.25) is 0 Å². The maximum absolute atomic E-state index is 2.48. The van der Waals surface area contributed by atoms with Gasteiger partial charge in [0.15, 0.2) is 48.2 Å². The molecule has 240 valence electrons. The molecule has 4 aromatic heterocycles. The second-order valence-corrected chi connectivity index (χ2v) is 14.5. The maximum atomic E-state index is 2.48. The van der Waals surface area contributed by atoms with Crippen LogP contribution in [0.3, 0.4) is 0 Å². The van der Waals surface area contributed by atoms with Gasteiger partial charge < -0.3 is 0 Å². The molecule has 0 aliphatic heterocycles. The van der Waals surface area contributed by atoms with Gasteiger partial charge in [-0.15, -0.1) is 0 Å². The Morgan fingerprint density at radius 1 is 0.449 bits per heavy atom. The van der Waals surface area contributed by atoms with Crippen molar-refractivity contribution in [1.29, 1.82) is 0 Å². The Kier molecular flexibility index (Phi) is 7.18. The molecule has 0 aliphatic carbocycles. The van der Waals surface area contributed by atoms with Crippen LogP contribution in [0.4, 0.5) is 0 Å². The quantitative estimate of drug-likeness (QED) is 0.140. The Morgan fingerprint density at radius 2 is 0.898 bits per heavy atom. The molecule has 0 saturated carbocycles. The van der Waals surface area contributed by atoms with Gasteiger partial charge in [0.1, 0.15) is 26.8 Å². The lowest BCUT2D eigenvalue weighted by molar-refractivity contribution is -0.671. The van der Waals surface area contributed by atoms with Crippen molar-refractivity contribution in [3.8, 4) is 39.3 Å². The van der Waals surface area contributed by atoms with Crippen molar-refractivity contribution < 1.29 is 18.3 Å². The molecule has 5 heteroatoms. The van der Waals surface area contributed by atoms with Gasteiger partial charge in [0.2, 0.25) is 0 Å². The molecule has 49 heavy (non-hydrogen) atoms. The number of hydrogen-bond donors (Lipinski definition) is 0. The molecular formula is C44H43N5+4. The van der Waals surface area contributed by atoms with E-state index in [2.05, 4.69) is 206 Å². The molecule has 0 spiro atoms. The molecule has 0 atom stereocenters. The van der Waals surface area contributed by atoms with E-state index in [1.807, 2.05) is 0 Å². The monoisotopic (exact) mass is 641 g/mol. The molecule has 0 fully saturated rings. The Morgan fingerprint density at radius 3 is 1.39 bits per heavy atom. The highest BCUT2D eigenvalue weighted by Crippen LogP contribution is 2.41. The van der Waals surface area contributed by atoms with Crippen molar-refractivity contribution in [2.24, 2.45) is 28.2 Å².